The van der Waals surface area contributed by atoms with Gasteiger partial charge in [-0.15, -0.1) is 0 Å². The van der Waals surface area contributed by atoms with Gasteiger partial charge in [0.15, 0.2) is 0 Å². The number of hydrogen-bond acceptors (Lipinski definition) is 3. The van der Waals surface area contributed by atoms with Crippen molar-refractivity contribution in [3.63, 3.8) is 0 Å². The largest absolute Gasteiger partial charge is 0.396 e. The Hall–Kier alpha value is -1.81. The molecule has 19 heavy (non-hydrogen) atoms. The molecule has 0 unspecified atom stereocenters. The molecule has 0 saturated heterocycles. The maximum atomic E-state index is 8.89. The molecule has 0 fully saturated rings. The molecule has 1 heterocycles. The fourth-order valence-electron chi connectivity index (χ4n) is 2.54. The number of benzene rings is 1. The van der Waals surface area contributed by atoms with Crippen LogP contribution in [0.4, 0.5) is 5.82 Å². The third-order valence-corrected chi connectivity index (χ3v) is 3.34. The Kier molecular flexibility index (Phi) is 3.90. The summed E-state index contributed by atoms with van der Waals surface area (Å²) in [5.74, 6) is 0.670. The second-order valence-corrected chi connectivity index (χ2v) is 5.04. The molecule has 1 aromatic carbocycles. The van der Waals surface area contributed by atoms with E-state index in [0.29, 0.717) is 12.2 Å². The number of aliphatic hydroxyl groups excluding tert-OH is 1. The number of anilines is 1. The zero-order chi connectivity index (χ0) is 14.0. The summed E-state index contributed by atoms with van der Waals surface area (Å²) >= 11 is 0. The van der Waals surface area contributed by atoms with Crippen molar-refractivity contribution in [2.24, 2.45) is 0 Å². The lowest BCUT2D eigenvalue weighted by Gasteiger charge is -2.13. The quantitative estimate of drug-likeness (QED) is 0.885. The van der Waals surface area contributed by atoms with Gasteiger partial charge >= 0.3 is 0 Å². The Morgan fingerprint density at radius 2 is 1.84 bits per heavy atom. The summed E-state index contributed by atoms with van der Waals surface area (Å²) in [5.41, 5.74) is 11.8. The molecule has 0 aliphatic carbocycles. The number of aromatic nitrogens is 2. The maximum Gasteiger partial charge on any atom is 0.130 e. The van der Waals surface area contributed by atoms with Gasteiger partial charge in [0.1, 0.15) is 5.82 Å². The van der Waals surface area contributed by atoms with Crippen molar-refractivity contribution in [3.8, 4) is 5.69 Å². The third kappa shape index (κ3) is 2.63. The molecule has 0 atom stereocenters. The predicted molar refractivity (Wildman–Crippen MR) is 77.6 cm³/mol. The van der Waals surface area contributed by atoms with Crippen molar-refractivity contribution in [3.05, 3.63) is 40.6 Å². The number of nitrogens with zero attached hydrogens (tertiary/aromatic N) is 2. The minimum atomic E-state index is 0.174. The third-order valence-electron chi connectivity index (χ3n) is 3.34. The highest BCUT2D eigenvalue weighted by molar-refractivity contribution is 5.54. The summed E-state index contributed by atoms with van der Waals surface area (Å²) in [5, 5.41) is 13.3. The summed E-state index contributed by atoms with van der Waals surface area (Å²) in [6.07, 6.45) is 3.26. The smallest absolute Gasteiger partial charge is 0.130 e. The molecule has 2 rings (SSSR count). The topological polar surface area (TPSA) is 64.1 Å². The van der Waals surface area contributed by atoms with E-state index >= 15 is 0 Å². The van der Waals surface area contributed by atoms with E-state index in [4.69, 9.17) is 10.8 Å². The molecule has 0 aliphatic rings. The van der Waals surface area contributed by atoms with E-state index in [1.165, 1.54) is 16.7 Å². The summed E-state index contributed by atoms with van der Waals surface area (Å²) in [6.45, 7) is 6.41. The van der Waals surface area contributed by atoms with Crippen LogP contribution < -0.4 is 5.73 Å². The van der Waals surface area contributed by atoms with Crippen LogP contribution in [-0.4, -0.2) is 21.5 Å². The van der Waals surface area contributed by atoms with Gasteiger partial charge in [-0.25, -0.2) is 4.68 Å². The second-order valence-electron chi connectivity index (χ2n) is 5.04. The Balaban J connectivity index is 2.45. The van der Waals surface area contributed by atoms with Gasteiger partial charge in [-0.1, -0.05) is 17.7 Å². The molecule has 1 aromatic heterocycles. The van der Waals surface area contributed by atoms with Crippen LogP contribution in [0.25, 0.3) is 5.69 Å². The fraction of sp³-hybridized carbons (Fsp3) is 0.400. The van der Waals surface area contributed by atoms with E-state index in [0.717, 1.165) is 17.7 Å². The highest BCUT2D eigenvalue weighted by Gasteiger charge is 2.13. The van der Waals surface area contributed by atoms with E-state index in [-0.39, 0.29) is 6.61 Å². The molecule has 0 amide bonds. The molecule has 4 nitrogen and oxygen atoms in total. The van der Waals surface area contributed by atoms with Gasteiger partial charge in [-0.3, -0.25) is 0 Å². The fourth-order valence-corrected chi connectivity index (χ4v) is 2.54. The second kappa shape index (κ2) is 5.45. The van der Waals surface area contributed by atoms with Gasteiger partial charge in [0.05, 0.1) is 11.9 Å². The van der Waals surface area contributed by atoms with Crippen LogP contribution in [-0.2, 0) is 6.42 Å². The minimum absolute atomic E-state index is 0.174. The monoisotopic (exact) mass is 259 g/mol. The molecule has 0 aliphatic heterocycles. The lowest BCUT2D eigenvalue weighted by atomic mass is 10.1. The van der Waals surface area contributed by atoms with E-state index in [1.807, 2.05) is 0 Å². The lowest BCUT2D eigenvalue weighted by Crippen LogP contribution is -2.07. The van der Waals surface area contributed by atoms with E-state index in [2.05, 4.69) is 38.0 Å². The van der Waals surface area contributed by atoms with E-state index < -0.39 is 0 Å². The lowest BCUT2D eigenvalue weighted by molar-refractivity contribution is 0.288. The van der Waals surface area contributed by atoms with Crippen molar-refractivity contribution in [2.45, 2.75) is 33.6 Å². The van der Waals surface area contributed by atoms with Crippen LogP contribution in [0.2, 0.25) is 0 Å². The Morgan fingerprint density at radius 3 is 2.42 bits per heavy atom. The number of aryl methyl sites for hydroxylation is 4. The highest BCUT2D eigenvalue weighted by Crippen LogP contribution is 2.25. The first-order valence-corrected chi connectivity index (χ1v) is 6.56. The molecule has 3 N–H and O–H groups in total. The van der Waals surface area contributed by atoms with Gasteiger partial charge in [0.25, 0.3) is 0 Å². The first-order chi connectivity index (χ1) is 9.04. The Labute approximate surface area is 113 Å². The van der Waals surface area contributed by atoms with Crippen LogP contribution in [0.3, 0.4) is 0 Å². The van der Waals surface area contributed by atoms with Crippen molar-refractivity contribution >= 4 is 5.82 Å². The van der Waals surface area contributed by atoms with E-state index in [1.54, 1.807) is 10.9 Å². The van der Waals surface area contributed by atoms with Gasteiger partial charge in [-0.2, -0.15) is 5.10 Å². The van der Waals surface area contributed by atoms with Crippen molar-refractivity contribution < 1.29 is 5.11 Å². The number of rotatable bonds is 4. The Bertz CT molecular complexity index is 564. The zero-order valence-corrected chi connectivity index (χ0v) is 11.8. The van der Waals surface area contributed by atoms with E-state index in [9.17, 15) is 0 Å². The average molecular weight is 259 g/mol. The maximum absolute atomic E-state index is 8.89. The number of aliphatic hydroxyl groups is 1. The molecule has 2 aromatic rings. The van der Waals surface area contributed by atoms with Crippen LogP contribution in [0, 0.1) is 20.8 Å². The molecule has 0 saturated carbocycles. The van der Waals surface area contributed by atoms with Crippen LogP contribution in [0.15, 0.2) is 18.3 Å². The number of hydrogen-bond donors (Lipinski definition) is 2. The summed E-state index contributed by atoms with van der Waals surface area (Å²) in [6, 6.07) is 4.27. The predicted octanol–water partition coefficient (Wildman–Crippen LogP) is 2.30. The SMILES string of the molecule is Cc1cc(C)c(-n2ncc(CCCO)c2N)c(C)c1. The summed E-state index contributed by atoms with van der Waals surface area (Å²) in [4.78, 5) is 0. The number of nitrogens with two attached hydrogens (primary N) is 1. The molecule has 102 valence electrons. The zero-order valence-electron chi connectivity index (χ0n) is 11.8. The Morgan fingerprint density at radius 1 is 1.21 bits per heavy atom. The van der Waals surface area contributed by atoms with Gasteiger partial charge in [0.2, 0.25) is 0 Å². The molecular weight excluding hydrogens is 238 g/mol. The van der Waals surface area contributed by atoms with Crippen molar-refractivity contribution in [1.82, 2.24) is 9.78 Å². The normalized spacial score (nSPS) is 10.9. The highest BCUT2D eigenvalue weighted by atomic mass is 16.2. The molecule has 0 bridgehead atoms. The van der Waals surface area contributed by atoms with Crippen LogP contribution >= 0.6 is 0 Å². The molecule has 0 radical (unpaired) electrons. The first kappa shape index (κ1) is 13.6. The van der Waals surface area contributed by atoms with Gasteiger partial charge in [0, 0.05) is 12.2 Å². The van der Waals surface area contributed by atoms with Crippen LogP contribution in [0.1, 0.15) is 28.7 Å². The number of nitrogen functional groups attached to an aromatic ring is 1. The standard InChI is InChI=1S/C15H21N3O/c1-10-7-11(2)14(12(3)8-10)18-15(16)13(9-17-18)5-4-6-19/h7-9,19H,4-6,16H2,1-3H3. The van der Waals surface area contributed by atoms with Gasteiger partial charge < -0.3 is 10.8 Å². The van der Waals surface area contributed by atoms with Crippen molar-refractivity contribution in [1.29, 1.82) is 0 Å². The average Bonchev–Trinajstić information content (AvgIpc) is 2.68. The first-order valence-electron chi connectivity index (χ1n) is 6.56. The summed E-state index contributed by atoms with van der Waals surface area (Å²) < 4.78 is 1.80. The summed E-state index contributed by atoms with van der Waals surface area (Å²) in [7, 11) is 0. The minimum Gasteiger partial charge on any atom is -0.396 e. The molecule has 4 heteroatoms. The van der Waals surface area contributed by atoms with Crippen LogP contribution in [0.5, 0.6) is 0 Å². The van der Waals surface area contributed by atoms with Crippen molar-refractivity contribution in [2.75, 3.05) is 12.3 Å². The molecular formula is C15H21N3O. The van der Waals surface area contributed by atoms with Gasteiger partial charge in [-0.05, 0) is 44.7 Å². The molecule has 0 spiro atoms.